The number of carbonyl (C=O) groups is 1. The van der Waals surface area contributed by atoms with Gasteiger partial charge in [-0.25, -0.2) is 9.18 Å². The Hall–Kier alpha value is -2.93. The van der Waals surface area contributed by atoms with Gasteiger partial charge in [-0.2, -0.15) is 0 Å². The van der Waals surface area contributed by atoms with E-state index in [9.17, 15) is 14.1 Å². The summed E-state index contributed by atoms with van der Waals surface area (Å²) < 4.78 is 14.2. The predicted molar refractivity (Wildman–Crippen MR) is 92.7 cm³/mol. The molecule has 0 saturated heterocycles. The fraction of sp³-hybridized carbons (Fsp3) is 0.118. The average Bonchev–Trinajstić information content (AvgIpc) is 2.75. The molecule has 25 heavy (non-hydrogen) atoms. The number of halogens is 2. The molecule has 0 amide bonds. The summed E-state index contributed by atoms with van der Waals surface area (Å²) >= 11 is 6.04. The van der Waals surface area contributed by atoms with Crippen LogP contribution in [0.1, 0.15) is 11.1 Å². The molecule has 3 rings (SSSR count). The molecule has 1 N–H and O–H groups in total. The number of hydrogen-bond donors (Lipinski definition) is 1. The van der Waals surface area contributed by atoms with Crippen LogP contribution in [0, 0.1) is 10.7 Å². The standard InChI is InChI=1S/C17H11ClFN3O3/c18-9-5-6-13-11(7-9)15(10-3-1-2-4-12(10)19)20-8-14(21-13)16(22-25)17(23)24/h1-7,16H,8H2,(H,23,24). The second-order valence-corrected chi connectivity index (χ2v) is 5.69. The van der Waals surface area contributed by atoms with Crippen LogP contribution in [0.15, 0.2) is 57.6 Å². The number of carboxylic acids is 1. The molecule has 126 valence electrons. The topological polar surface area (TPSA) is 91.5 Å². The minimum atomic E-state index is -1.66. The van der Waals surface area contributed by atoms with Gasteiger partial charge in [0, 0.05) is 16.1 Å². The molecule has 0 bridgehead atoms. The number of nitroso groups, excluding NO2 is 1. The van der Waals surface area contributed by atoms with Crippen LogP contribution in [-0.2, 0) is 4.79 Å². The van der Waals surface area contributed by atoms with Crippen LogP contribution >= 0.6 is 11.6 Å². The summed E-state index contributed by atoms with van der Waals surface area (Å²) in [5.74, 6) is -1.91. The van der Waals surface area contributed by atoms with E-state index in [1.807, 2.05) is 0 Å². The van der Waals surface area contributed by atoms with E-state index in [2.05, 4.69) is 15.2 Å². The van der Waals surface area contributed by atoms with Gasteiger partial charge in [0.2, 0.25) is 6.04 Å². The Morgan fingerprint density at radius 1 is 1.24 bits per heavy atom. The summed E-state index contributed by atoms with van der Waals surface area (Å²) in [6.45, 7) is -0.196. The van der Waals surface area contributed by atoms with Crippen LogP contribution in [0.3, 0.4) is 0 Å². The van der Waals surface area contributed by atoms with Gasteiger partial charge in [-0.15, -0.1) is 4.91 Å². The molecule has 6 nitrogen and oxygen atoms in total. The summed E-state index contributed by atoms with van der Waals surface area (Å²) in [6, 6.07) is 9.08. The van der Waals surface area contributed by atoms with Crippen molar-refractivity contribution in [3.05, 3.63) is 69.3 Å². The van der Waals surface area contributed by atoms with Gasteiger partial charge in [-0.3, -0.25) is 9.98 Å². The average molecular weight is 360 g/mol. The number of benzene rings is 2. The molecule has 1 heterocycles. The SMILES string of the molecule is O=NC(C(=O)O)C1=Nc2ccc(Cl)cc2C(c2ccccc2F)=NC1. The van der Waals surface area contributed by atoms with Crippen molar-refractivity contribution in [2.45, 2.75) is 6.04 Å². The van der Waals surface area contributed by atoms with E-state index in [-0.39, 0.29) is 23.5 Å². The second-order valence-electron chi connectivity index (χ2n) is 5.26. The molecule has 1 unspecified atom stereocenters. The van der Waals surface area contributed by atoms with E-state index in [0.717, 1.165) is 0 Å². The zero-order valence-electron chi connectivity index (χ0n) is 12.7. The molecule has 0 radical (unpaired) electrons. The molecule has 1 aliphatic heterocycles. The maximum atomic E-state index is 14.2. The normalized spacial score (nSPS) is 14.6. The maximum absolute atomic E-state index is 14.2. The molecular weight excluding hydrogens is 349 g/mol. The van der Waals surface area contributed by atoms with Crippen molar-refractivity contribution < 1.29 is 14.3 Å². The number of rotatable bonds is 4. The van der Waals surface area contributed by atoms with Crippen molar-refractivity contribution in [2.24, 2.45) is 15.2 Å². The number of hydrogen-bond acceptors (Lipinski definition) is 5. The summed E-state index contributed by atoms with van der Waals surface area (Å²) in [7, 11) is 0. The van der Waals surface area contributed by atoms with Crippen LogP contribution in [0.25, 0.3) is 0 Å². The van der Waals surface area contributed by atoms with E-state index in [0.29, 0.717) is 16.3 Å². The third-order valence-electron chi connectivity index (χ3n) is 3.66. The molecule has 0 saturated carbocycles. The Morgan fingerprint density at radius 3 is 2.68 bits per heavy atom. The fourth-order valence-electron chi connectivity index (χ4n) is 2.51. The van der Waals surface area contributed by atoms with Gasteiger partial charge in [-0.05, 0) is 35.5 Å². The number of fused-ring (bicyclic) bond motifs is 1. The van der Waals surface area contributed by atoms with Crippen LogP contribution < -0.4 is 0 Å². The van der Waals surface area contributed by atoms with Crippen molar-refractivity contribution in [1.82, 2.24) is 0 Å². The summed E-state index contributed by atoms with van der Waals surface area (Å²) in [5, 5.41) is 12.1. The van der Waals surface area contributed by atoms with Crippen LogP contribution in [0.5, 0.6) is 0 Å². The molecule has 0 aromatic heterocycles. The van der Waals surface area contributed by atoms with Gasteiger partial charge in [0.15, 0.2) is 0 Å². The van der Waals surface area contributed by atoms with Gasteiger partial charge in [-0.1, -0.05) is 23.7 Å². The zero-order valence-corrected chi connectivity index (χ0v) is 13.4. The number of nitrogens with zero attached hydrogens (tertiary/aromatic N) is 3. The lowest BCUT2D eigenvalue weighted by Crippen LogP contribution is -2.29. The number of aliphatic carboxylic acids is 1. The molecule has 1 aliphatic rings. The predicted octanol–water partition coefficient (Wildman–Crippen LogP) is 3.62. The quantitative estimate of drug-likeness (QED) is 0.845. The second kappa shape index (κ2) is 6.90. The van der Waals surface area contributed by atoms with Crippen molar-refractivity contribution >= 4 is 34.7 Å². The minimum absolute atomic E-state index is 0.0302. The number of carboxylic acid groups (broad SMARTS) is 1. The largest absolute Gasteiger partial charge is 0.479 e. The number of aliphatic imine (C=N–C) groups is 2. The molecule has 2 aromatic carbocycles. The smallest absolute Gasteiger partial charge is 0.338 e. The van der Waals surface area contributed by atoms with Crippen LogP contribution in [-0.4, -0.2) is 35.1 Å². The third-order valence-corrected chi connectivity index (χ3v) is 3.90. The highest BCUT2D eigenvalue weighted by molar-refractivity contribution is 6.31. The van der Waals surface area contributed by atoms with E-state index in [1.165, 1.54) is 6.07 Å². The maximum Gasteiger partial charge on any atom is 0.338 e. The summed E-state index contributed by atoms with van der Waals surface area (Å²) in [4.78, 5) is 30.6. The highest BCUT2D eigenvalue weighted by atomic mass is 35.5. The van der Waals surface area contributed by atoms with Crippen LogP contribution in [0.2, 0.25) is 5.02 Å². The van der Waals surface area contributed by atoms with Gasteiger partial charge in [0.1, 0.15) is 5.82 Å². The first-order valence-electron chi connectivity index (χ1n) is 7.23. The van der Waals surface area contributed by atoms with Gasteiger partial charge >= 0.3 is 5.97 Å². The molecule has 0 aliphatic carbocycles. The molecule has 2 aromatic rings. The Morgan fingerprint density at radius 2 is 2.00 bits per heavy atom. The Bertz CT molecular complexity index is 927. The first-order valence-corrected chi connectivity index (χ1v) is 7.61. The molecule has 8 heteroatoms. The third kappa shape index (κ3) is 3.32. The Labute approximate surface area is 146 Å². The minimum Gasteiger partial charge on any atom is -0.479 e. The van der Waals surface area contributed by atoms with Crippen molar-refractivity contribution in [2.75, 3.05) is 6.54 Å². The molecule has 0 fully saturated rings. The lowest BCUT2D eigenvalue weighted by atomic mass is 10.0. The molecule has 0 spiro atoms. The van der Waals surface area contributed by atoms with Gasteiger partial charge in [0.05, 0.1) is 23.7 Å². The highest BCUT2D eigenvalue weighted by Crippen LogP contribution is 2.29. The first kappa shape index (κ1) is 16.9. The van der Waals surface area contributed by atoms with E-state index in [4.69, 9.17) is 16.7 Å². The van der Waals surface area contributed by atoms with Gasteiger partial charge in [0.25, 0.3) is 0 Å². The first-order chi connectivity index (χ1) is 12.0. The Balaban J connectivity index is 2.20. The summed E-state index contributed by atoms with van der Waals surface area (Å²) in [6.07, 6.45) is 0. The van der Waals surface area contributed by atoms with Crippen molar-refractivity contribution in [1.29, 1.82) is 0 Å². The van der Waals surface area contributed by atoms with Crippen molar-refractivity contribution in [3.8, 4) is 0 Å². The van der Waals surface area contributed by atoms with Crippen LogP contribution in [0.4, 0.5) is 10.1 Å². The monoisotopic (exact) mass is 359 g/mol. The molecule has 1 atom stereocenters. The summed E-state index contributed by atoms with van der Waals surface area (Å²) in [5.41, 5.74) is 1.27. The van der Waals surface area contributed by atoms with Gasteiger partial charge < -0.3 is 5.11 Å². The lowest BCUT2D eigenvalue weighted by Gasteiger charge is -2.09. The van der Waals surface area contributed by atoms with E-state index < -0.39 is 17.8 Å². The lowest BCUT2D eigenvalue weighted by molar-refractivity contribution is -0.136. The van der Waals surface area contributed by atoms with E-state index in [1.54, 1.807) is 36.4 Å². The van der Waals surface area contributed by atoms with Crippen molar-refractivity contribution in [3.63, 3.8) is 0 Å². The molecular formula is C17H11ClFN3O3. The Kier molecular flexibility index (Phi) is 4.67. The van der Waals surface area contributed by atoms with E-state index >= 15 is 0 Å². The fourth-order valence-corrected chi connectivity index (χ4v) is 2.68. The zero-order chi connectivity index (χ0) is 18.0. The highest BCUT2D eigenvalue weighted by Gasteiger charge is 2.28.